The molecule has 0 radical (unpaired) electrons. The van der Waals surface area contributed by atoms with Crippen molar-refractivity contribution in [3.63, 3.8) is 0 Å². The summed E-state index contributed by atoms with van der Waals surface area (Å²) in [5.41, 5.74) is 0.151. The van der Waals surface area contributed by atoms with E-state index in [9.17, 15) is 33.7 Å². The van der Waals surface area contributed by atoms with Gasteiger partial charge in [0.1, 0.15) is 11.4 Å². The van der Waals surface area contributed by atoms with Crippen molar-refractivity contribution in [3.8, 4) is 11.5 Å². The number of urea groups is 1. The van der Waals surface area contributed by atoms with Gasteiger partial charge in [0.25, 0.3) is 23.4 Å². The quantitative estimate of drug-likeness (QED) is 0.121. The summed E-state index contributed by atoms with van der Waals surface area (Å²) in [6.07, 6.45) is 1.25. The number of nitrogens with one attached hydrogen (secondary N) is 2. The molecule has 40 heavy (non-hydrogen) atoms. The van der Waals surface area contributed by atoms with Gasteiger partial charge in [-0.25, -0.2) is 14.1 Å². The Morgan fingerprint density at radius 2 is 1.80 bits per heavy atom. The first-order valence-electron chi connectivity index (χ1n) is 11.3. The topological polar surface area (TPSA) is 157 Å². The molecule has 204 valence electrons. The molecule has 14 heteroatoms. The Hall–Kier alpha value is -4.86. The predicted octanol–water partition coefficient (Wildman–Crippen LogP) is 4.03. The highest BCUT2D eigenvalue weighted by molar-refractivity contribution is 14.1. The van der Waals surface area contributed by atoms with Crippen LogP contribution in [0.25, 0.3) is 6.08 Å². The van der Waals surface area contributed by atoms with E-state index in [1.807, 2.05) is 22.6 Å². The Kier molecular flexibility index (Phi) is 8.37. The van der Waals surface area contributed by atoms with Crippen LogP contribution in [-0.4, -0.2) is 42.4 Å². The number of anilines is 2. The molecule has 4 rings (SSSR count). The zero-order valence-electron chi connectivity index (χ0n) is 20.5. The average molecular weight is 660 g/mol. The predicted molar refractivity (Wildman–Crippen MR) is 148 cm³/mol. The molecule has 0 spiro atoms. The third-order valence-electron chi connectivity index (χ3n) is 5.46. The summed E-state index contributed by atoms with van der Waals surface area (Å²) in [5.74, 6) is -2.39. The van der Waals surface area contributed by atoms with Gasteiger partial charge in [-0.05, 0) is 82.8 Å². The first kappa shape index (κ1) is 28.2. The van der Waals surface area contributed by atoms with Crippen LogP contribution in [0.5, 0.6) is 11.5 Å². The van der Waals surface area contributed by atoms with E-state index < -0.39 is 41.1 Å². The molecule has 3 aromatic carbocycles. The maximum absolute atomic E-state index is 13.1. The number of carbonyl (C=O) groups is 4. The standard InChI is InChI=1S/C26H18FIN4O8/c1-39-21-12-14(11-20(28)23(21)40-13-22(33)29-16-4-2-15(27)3-5-16)10-19-24(34)30-26(36)31(25(19)35)17-6-8-18(9-7-17)32(37)38/h2-12H,13H2,1H3,(H,29,33)(H,30,34,36)/b19-10-. The summed E-state index contributed by atoms with van der Waals surface area (Å²) in [6, 6.07) is 11.9. The van der Waals surface area contributed by atoms with E-state index in [0.29, 0.717) is 19.7 Å². The van der Waals surface area contributed by atoms with Gasteiger partial charge in [0.05, 0.1) is 21.3 Å². The molecule has 3 aromatic rings. The Morgan fingerprint density at radius 3 is 2.42 bits per heavy atom. The van der Waals surface area contributed by atoms with Crippen molar-refractivity contribution in [3.05, 3.63) is 91.3 Å². The first-order chi connectivity index (χ1) is 19.1. The maximum atomic E-state index is 13.1. The highest BCUT2D eigenvalue weighted by atomic mass is 127. The van der Waals surface area contributed by atoms with E-state index in [1.165, 1.54) is 55.7 Å². The Bertz CT molecular complexity index is 1560. The molecule has 1 saturated heterocycles. The second-order valence-electron chi connectivity index (χ2n) is 8.11. The fourth-order valence-electron chi connectivity index (χ4n) is 3.61. The number of ether oxygens (including phenoxy) is 2. The molecular formula is C26H18FIN4O8. The van der Waals surface area contributed by atoms with Crippen LogP contribution >= 0.6 is 22.6 Å². The molecule has 1 fully saturated rings. The number of imide groups is 2. The molecule has 0 unspecified atom stereocenters. The lowest BCUT2D eigenvalue weighted by Gasteiger charge is -2.26. The normalized spacial score (nSPS) is 14.1. The number of benzene rings is 3. The lowest BCUT2D eigenvalue weighted by atomic mass is 10.1. The summed E-state index contributed by atoms with van der Waals surface area (Å²) in [5, 5.41) is 15.6. The second kappa shape index (κ2) is 11.9. The zero-order valence-corrected chi connectivity index (χ0v) is 22.6. The number of rotatable bonds is 8. The van der Waals surface area contributed by atoms with Crippen LogP contribution < -0.4 is 25.0 Å². The number of non-ortho nitro benzene ring substituents is 1. The molecule has 0 saturated carbocycles. The third-order valence-corrected chi connectivity index (χ3v) is 6.26. The molecule has 12 nitrogen and oxygen atoms in total. The number of amides is 5. The van der Waals surface area contributed by atoms with Crippen LogP contribution in [0.2, 0.25) is 0 Å². The van der Waals surface area contributed by atoms with E-state index in [4.69, 9.17) is 9.47 Å². The van der Waals surface area contributed by atoms with Crippen molar-refractivity contribution < 1.29 is 38.0 Å². The largest absolute Gasteiger partial charge is 0.493 e. The van der Waals surface area contributed by atoms with Crippen molar-refractivity contribution >= 4 is 69.5 Å². The van der Waals surface area contributed by atoms with Gasteiger partial charge in [0.2, 0.25) is 0 Å². The Labute approximate surface area is 239 Å². The molecule has 1 heterocycles. The van der Waals surface area contributed by atoms with Crippen LogP contribution in [-0.2, 0) is 14.4 Å². The molecule has 0 aromatic heterocycles. The Morgan fingerprint density at radius 1 is 1.12 bits per heavy atom. The minimum atomic E-state index is -1.00. The van der Waals surface area contributed by atoms with E-state index in [2.05, 4.69) is 10.6 Å². The smallest absolute Gasteiger partial charge is 0.335 e. The molecule has 0 aliphatic carbocycles. The van der Waals surface area contributed by atoms with E-state index in [1.54, 1.807) is 6.07 Å². The SMILES string of the molecule is COc1cc(/C=C2/C(=O)NC(=O)N(c3ccc([N+](=O)[O-])cc3)C2=O)cc(I)c1OCC(=O)Nc1ccc(F)cc1. The molecular weight excluding hydrogens is 642 g/mol. The summed E-state index contributed by atoms with van der Waals surface area (Å²) < 4.78 is 24.5. The minimum absolute atomic E-state index is 0.0290. The summed E-state index contributed by atoms with van der Waals surface area (Å²) in [6.45, 7) is -0.391. The molecule has 0 atom stereocenters. The van der Waals surface area contributed by atoms with Gasteiger partial charge in [-0.1, -0.05) is 0 Å². The third kappa shape index (κ3) is 6.23. The zero-order chi connectivity index (χ0) is 29.0. The summed E-state index contributed by atoms with van der Waals surface area (Å²) in [7, 11) is 1.36. The van der Waals surface area contributed by atoms with E-state index in [0.717, 1.165) is 12.1 Å². The van der Waals surface area contributed by atoms with Gasteiger partial charge in [-0.15, -0.1) is 0 Å². The first-order valence-corrected chi connectivity index (χ1v) is 12.4. The highest BCUT2D eigenvalue weighted by Crippen LogP contribution is 2.35. The molecule has 1 aliphatic rings. The maximum Gasteiger partial charge on any atom is 0.335 e. The van der Waals surface area contributed by atoms with Crippen LogP contribution in [0.3, 0.4) is 0 Å². The minimum Gasteiger partial charge on any atom is -0.493 e. The van der Waals surface area contributed by atoms with Gasteiger partial charge >= 0.3 is 6.03 Å². The van der Waals surface area contributed by atoms with Crippen molar-refractivity contribution in [2.45, 2.75) is 0 Å². The second-order valence-corrected chi connectivity index (χ2v) is 9.27. The number of barbiturate groups is 1. The van der Waals surface area contributed by atoms with Gasteiger partial charge < -0.3 is 14.8 Å². The number of carbonyl (C=O) groups excluding carboxylic acids is 4. The van der Waals surface area contributed by atoms with Crippen molar-refractivity contribution in [1.82, 2.24) is 5.32 Å². The number of nitro benzene ring substituents is 1. The van der Waals surface area contributed by atoms with E-state index in [-0.39, 0.29) is 28.4 Å². The van der Waals surface area contributed by atoms with Gasteiger partial charge in [0, 0.05) is 17.8 Å². The number of methoxy groups -OCH3 is 1. The van der Waals surface area contributed by atoms with Gasteiger partial charge in [-0.3, -0.25) is 29.8 Å². The van der Waals surface area contributed by atoms with Crippen molar-refractivity contribution in [2.75, 3.05) is 23.9 Å². The number of hydrogen-bond donors (Lipinski definition) is 2. The van der Waals surface area contributed by atoms with Crippen molar-refractivity contribution in [2.24, 2.45) is 0 Å². The van der Waals surface area contributed by atoms with E-state index >= 15 is 0 Å². The fourth-order valence-corrected chi connectivity index (χ4v) is 4.39. The lowest BCUT2D eigenvalue weighted by Crippen LogP contribution is -2.54. The fraction of sp³-hybridized carbons (Fsp3) is 0.0769. The molecule has 1 aliphatic heterocycles. The number of hydrogen-bond acceptors (Lipinski definition) is 8. The molecule has 5 amide bonds. The van der Waals surface area contributed by atoms with Gasteiger partial charge in [-0.2, -0.15) is 0 Å². The number of halogens is 2. The number of nitro groups is 1. The Balaban J connectivity index is 1.55. The molecule has 2 N–H and O–H groups in total. The van der Waals surface area contributed by atoms with Gasteiger partial charge in [0.15, 0.2) is 18.1 Å². The lowest BCUT2D eigenvalue weighted by molar-refractivity contribution is -0.384. The van der Waals surface area contributed by atoms with Crippen LogP contribution in [0, 0.1) is 19.5 Å². The van der Waals surface area contributed by atoms with Crippen LogP contribution in [0.1, 0.15) is 5.56 Å². The summed E-state index contributed by atoms with van der Waals surface area (Å²) in [4.78, 5) is 61.3. The summed E-state index contributed by atoms with van der Waals surface area (Å²) >= 11 is 1.93. The molecule has 0 bridgehead atoms. The monoisotopic (exact) mass is 660 g/mol. The average Bonchev–Trinajstić information content (AvgIpc) is 2.91. The number of nitrogens with zero attached hydrogens (tertiary/aromatic N) is 2. The highest BCUT2D eigenvalue weighted by Gasteiger charge is 2.37. The van der Waals surface area contributed by atoms with Crippen LogP contribution in [0.4, 0.5) is 26.2 Å². The van der Waals surface area contributed by atoms with Crippen molar-refractivity contribution in [1.29, 1.82) is 0 Å². The van der Waals surface area contributed by atoms with Crippen LogP contribution in [0.15, 0.2) is 66.2 Å².